The lowest BCUT2D eigenvalue weighted by molar-refractivity contribution is 0.176. The maximum absolute atomic E-state index is 9.56. The topological polar surface area (TPSA) is 70.1 Å². The minimum Gasteiger partial charge on any atom is -0.391 e. The van der Waals surface area contributed by atoms with Crippen molar-refractivity contribution < 1.29 is 5.11 Å². The van der Waals surface area contributed by atoms with Gasteiger partial charge in [0.25, 0.3) is 0 Å². The van der Waals surface area contributed by atoms with E-state index in [-0.39, 0.29) is 6.10 Å². The summed E-state index contributed by atoms with van der Waals surface area (Å²) in [5.41, 5.74) is 0. The Morgan fingerprint density at radius 3 is 2.56 bits per heavy atom. The van der Waals surface area contributed by atoms with E-state index in [0.29, 0.717) is 12.4 Å². The monoisotopic (exact) mass is 224 g/mol. The van der Waals surface area contributed by atoms with E-state index in [4.69, 9.17) is 0 Å². The van der Waals surface area contributed by atoms with Gasteiger partial charge in [0, 0.05) is 13.1 Å². The summed E-state index contributed by atoms with van der Waals surface area (Å²) in [7, 11) is 0. The fraction of sp³-hybridized carbons (Fsp3) is 0.636. The van der Waals surface area contributed by atoms with Crippen LogP contribution in [0.25, 0.3) is 0 Å². The molecule has 0 aliphatic heterocycles. The van der Waals surface area contributed by atoms with Gasteiger partial charge in [-0.25, -0.2) is 4.98 Å². The second kappa shape index (κ2) is 7.00. The molecule has 1 aromatic rings. The van der Waals surface area contributed by atoms with Gasteiger partial charge < -0.3 is 15.7 Å². The first kappa shape index (κ1) is 12.7. The van der Waals surface area contributed by atoms with Crippen molar-refractivity contribution in [1.82, 2.24) is 9.97 Å². The van der Waals surface area contributed by atoms with Crippen molar-refractivity contribution in [3.05, 3.63) is 12.4 Å². The summed E-state index contributed by atoms with van der Waals surface area (Å²) in [6.45, 7) is 5.39. The number of anilines is 2. The van der Waals surface area contributed by atoms with Crippen LogP contribution < -0.4 is 10.6 Å². The molecular formula is C11H20N4O. The number of hydrogen-bond donors (Lipinski definition) is 3. The Balaban J connectivity index is 2.44. The molecule has 0 saturated carbocycles. The second-order valence-corrected chi connectivity index (χ2v) is 3.64. The molecule has 1 atom stereocenters. The van der Waals surface area contributed by atoms with Crippen LogP contribution in [0.2, 0.25) is 0 Å². The predicted octanol–water partition coefficient (Wildman–Crippen LogP) is 1.48. The first-order chi connectivity index (χ1) is 7.76. The van der Waals surface area contributed by atoms with E-state index < -0.39 is 0 Å². The number of rotatable bonds is 7. The molecule has 16 heavy (non-hydrogen) atoms. The molecule has 0 radical (unpaired) electrons. The van der Waals surface area contributed by atoms with Gasteiger partial charge in [0.1, 0.15) is 11.6 Å². The lowest BCUT2D eigenvalue weighted by Gasteiger charge is -2.11. The van der Waals surface area contributed by atoms with Gasteiger partial charge in [0.15, 0.2) is 0 Å². The first-order valence-corrected chi connectivity index (χ1v) is 5.74. The molecule has 5 nitrogen and oxygen atoms in total. The zero-order valence-corrected chi connectivity index (χ0v) is 9.90. The molecule has 1 heterocycles. The van der Waals surface area contributed by atoms with Gasteiger partial charge in [0.05, 0.1) is 18.5 Å². The summed E-state index contributed by atoms with van der Waals surface area (Å²) in [6, 6.07) is 0. The number of nitrogens with one attached hydrogen (secondary N) is 2. The summed E-state index contributed by atoms with van der Waals surface area (Å²) in [5, 5.41) is 15.7. The van der Waals surface area contributed by atoms with Crippen LogP contribution in [0.4, 0.5) is 11.6 Å². The van der Waals surface area contributed by atoms with Crippen LogP contribution in [0.15, 0.2) is 12.4 Å². The highest BCUT2D eigenvalue weighted by Crippen LogP contribution is 2.06. The SMILES string of the molecule is CCCC(O)CNc1cncc(NCC)n1. The maximum Gasteiger partial charge on any atom is 0.147 e. The summed E-state index contributed by atoms with van der Waals surface area (Å²) < 4.78 is 0. The number of aromatic nitrogens is 2. The van der Waals surface area contributed by atoms with Crippen molar-refractivity contribution in [2.45, 2.75) is 32.8 Å². The minimum atomic E-state index is -0.324. The van der Waals surface area contributed by atoms with Crippen molar-refractivity contribution >= 4 is 11.6 Å². The van der Waals surface area contributed by atoms with E-state index in [1.807, 2.05) is 6.92 Å². The molecule has 1 aromatic heterocycles. The van der Waals surface area contributed by atoms with Crippen LogP contribution in [0.3, 0.4) is 0 Å². The normalized spacial score (nSPS) is 12.2. The average Bonchev–Trinajstić information content (AvgIpc) is 2.28. The molecule has 0 aromatic carbocycles. The number of aliphatic hydroxyl groups is 1. The highest BCUT2D eigenvalue weighted by atomic mass is 16.3. The number of nitrogens with zero attached hydrogens (tertiary/aromatic N) is 2. The standard InChI is InChI=1S/C11H20N4O/c1-3-5-9(16)6-14-11-8-12-7-10(15-11)13-4-2/h7-9,16H,3-6H2,1-2H3,(H2,13,14,15). The van der Waals surface area contributed by atoms with Crippen molar-refractivity contribution in [3.63, 3.8) is 0 Å². The Morgan fingerprint density at radius 2 is 1.94 bits per heavy atom. The van der Waals surface area contributed by atoms with Crippen molar-refractivity contribution in [3.8, 4) is 0 Å². The summed E-state index contributed by atoms with van der Waals surface area (Å²) in [6.07, 6.45) is 4.78. The fourth-order valence-electron chi connectivity index (χ4n) is 1.38. The lowest BCUT2D eigenvalue weighted by Crippen LogP contribution is -2.19. The molecule has 0 fully saturated rings. The van der Waals surface area contributed by atoms with Crippen LogP contribution in [-0.4, -0.2) is 34.3 Å². The molecule has 0 spiro atoms. The molecule has 0 amide bonds. The Morgan fingerprint density at radius 1 is 1.25 bits per heavy atom. The lowest BCUT2D eigenvalue weighted by atomic mass is 10.2. The van der Waals surface area contributed by atoms with Crippen molar-refractivity contribution in [2.24, 2.45) is 0 Å². The van der Waals surface area contributed by atoms with Gasteiger partial charge in [0.2, 0.25) is 0 Å². The summed E-state index contributed by atoms with van der Waals surface area (Å²) >= 11 is 0. The average molecular weight is 224 g/mol. The molecule has 0 aliphatic carbocycles. The molecule has 0 bridgehead atoms. The molecule has 5 heteroatoms. The molecular weight excluding hydrogens is 204 g/mol. The Labute approximate surface area is 96.3 Å². The maximum atomic E-state index is 9.56. The van der Waals surface area contributed by atoms with Gasteiger partial charge in [-0.2, -0.15) is 0 Å². The molecule has 90 valence electrons. The summed E-state index contributed by atoms with van der Waals surface area (Å²) in [4.78, 5) is 8.36. The van der Waals surface area contributed by atoms with Gasteiger partial charge in [-0.05, 0) is 13.3 Å². The van der Waals surface area contributed by atoms with Crippen molar-refractivity contribution in [1.29, 1.82) is 0 Å². The van der Waals surface area contributed by atoms with Crippen LogP contribution >= 0.6 is 0 Å². The molecule has 1 rings (SSSR count). The quantitative estimate of drug-likeness (QED) is 0.654. The Kier molecular flexibility index (Phi) is 5.56. The third kappa shape index (κ3) is 4.44. The van der Waals surface area contributed by atoms with Crippen LogP contribution in [0.1, 0.15) is 26.7 Å². The predicted molar refractivity (Wildman–Crippen MR) is 65.6 cm³/mol. The van der Waals surface area contributed by atoms with Crippen LogP contribution in [0, 0.1) is 0 Å². The minimum absolute atomic E-state index is 0.324. The molecule has 1 unspecified atom stereocenters. The highest BCUT2D eigenvalue weighted by Gasteiger charge is 2.03. The smallest absolute Gasteiger partial charge is 0.147 e. The fourth-order valence-corrected chi connectivity index (χ4v) is 1.38. The van der Waals surface area contributed by atoms with Crippen LogP contribution in [0.5, 0.6) is 0 Å². The Hall–Kier alpha value is -1.36. The zero-order chi connectivity index (χ0) is 11.8. The third-order valence-electron chi connectivity index (χ3n) is 2.13. The largest absolute Gasteiger partial charge is 0.391 e. The molecule has 3 N–H and O–H groups in total. The van der Waals surface area contributed by atoms with E-state index in [9.17, 15) is 5.11 Å². The summed E-state index contributed by atoms with van der Waals surface area (Å²) in [5.74, 6) is 1.44. The Bertz CT molecular complexity index is 306. The van der Waals surface area contributed by atoms with E-state index in [1.165, 1.54) is 0 Å². The van der Waals surface area contributed by atoms with Gasteiger partial charge >= 0.3 is 0 Å². The van der Waals surface area contributed by atoms with E-state index in [0.717, 1.165) is 25.2 Å². The highest BCUT2D eigenvalue weighted by molar-refractivity contribution is 5.41. The van der Waals surface area contributed by atoms with Crippen molar-refractivity contribution in [2.75, 3.05) is 23.7 Å². The van der Waals surface area contributed by atoms with E-state index >= 15 is 0 Å². The molecule has 0 saturated heterocycles. The zero-order valence-electron chi connectivity index (χ0n) is 9.90. The van der Waals surface area contributed by atoms with Gasteiger partial charge in [-0.3, -0.25) is 4.98 Å². The van der Waals surface area contributed by atoms with Gasteiger partial charge in [-0.15, -0.1) is 0 Å². The molecule has 0 aliphatic rings. The van der Waals surface area contributed by atoms with E-state index in [2.05, 4.69) is 27.5 Å². The third-order valence-corrected chi connectivity index (χ3v) is 2.13. The van der Waals surface area contributed by atoms with Crippen LogP contribution in [-0.2, 0) is 0 Å². The number of hydrogen-bond acceptors (Lipinski definition) is 5. The number of aliphatic hydroxyl groups excluding tert-OH is 1. The second-order valence-electron chi connectivity index (χ2n) is 3.64. The first-order valence-electron chi connectivity index (χ1n) is 5.74. The van der Waals surface area contributed by atoms with Gasteiger partial charge in [-0.1, -0.05) is 13.3 Å². The van der Waals surface area contributed by atoms with E-state index in [1.54, 1.807) is 12.4 Å².